The van der Waals surface area contributed by atoms with Gasteiger partial charge < -0.3 is 10.3 Å². The molecule has 6 heteroatoms. The van der Waals surface area contributed by atoms with Gasteiger partial charge in [0.05, 0.1) is 16.1 Å². The number of carbonyl (C=O) groups excluding carboxylic acids is 1. The van der Waals surface area contributed by atoms with Crippen molar-refractivity contribution < 1.29 is 4.79 Å². The van der Waals surface area contributed by atoms with Crippen LogP contribution in [-0.4, -0.2) is 26.6 Å². The van der Waals surface area contributed by atoms with Gasteiger partial charge >= 0.3 is 0 Å². The maximum Gasteiger partial charge on any atom is 0.165 e. The van der Waals surface area contributed by atoms with Gasteiger partial charge in [-0.1, -0.05) is 13.8 Å². The summed E-state index contributed by atoms with van der Waals surface area (Å²) in [5.41, 5.74) is 10.9. The molecule has 0 aliphatic heterocycles. The maximum absolute atomic E-state index is 12.7. The molecule has 0 radical (unpaired) electrons. The number of benzene rings is 1. The van der Waals surface area contributed by atoms with Crippen LogP contribution in [0, 0.1) is 12.3 Å². The van der Waals surface area contributed by atoms with E-state index in [4.69, 9.17) is 5.73 Å². The van der Waals surface area contributed by atoms with Gasteiger partial charge in [0, 0.05) is 29.3 Å². The first kappa shape index (κ1) is 17.1. The molecular weight excluding hydrogens is 344 g/mol. The van der Waals surface area contributed by atoms with Crippen molar-refractivity contribution in [2.45, 2.75) is 38.5 Å². The molecule has 1 aliphatic rings. The van der Waals surface area contributed by atoms with Crippen molar-refractivity contribution in [2.75, 3.05) is 12.0 Å². The second-order valence-electron chi connectivity index (χ2n) is 7.72. The summed E-state index contributed by atoms with van der Waals surface area (Å²) in [6, 6.07) is 4.02. The molecule has 0 fully saturated rings. The Morgan fingerprint density at radius 2 is 2.00 bits per heavy atom. The Hall–Kier alpha value is -2.34. The van der Waals surface area contributed by atoms with Gasteiger partial charge in [-0.2, -0.15) is 0 Å². The molecule has 3 aromatic rings. The van der Waals surface area contributed by atoms with E-state index in [0.29, 0.717) is 12.2 Å². The molecule has 1 aliphatic carbocycles. The summed E-state index contributed by atoms with van der Waals surface area (Å²) in [5, 5.41) is 0.856. The predicted molar refractivity (Wildman–Crippen MR) is 106 cm³/mol. The van der Waals surface area contributed by atoms with Crippen molar-refractivity contribution in [2.24, 2.45) is 5.41 Å². The van der Waals surface area contributed by atoms with Crippen molar-refractivity contribution in [3.05, 3.63) is 41.5 Å². The first-order chi connectivity index (χ1) is 12.3. The number of anilines is 1. The highest BCUT2D eigenvalue weighted by molar-refractivity contribution is 7.99. The van der Waals surface area contributed by atoms with Crippen LogP contribution in [-0.2, 0) is 6.42 Å². The van der Waals surface area contributed by atoms with Crippen LogP contribution in [0.5, 0.6) is 0 Å². The third-order valence-electron chi connectivity index (χ3n) is 5.09. The summed E-state index contributed by atoms with van der Waals surface area (Å²) in [6.45, 7) is 6.33. The number of carbonyl (C=O) groups is 1. The topological polar surface area (TPSA) is 73.8 Å². The Morgan fingerprint density at radius 3 is 2.73 bits per heavy atom. The minimum Gasteiger partial charge on any atom is -0.383 e. The number of hydrogen-bond donors (Lipinski definition) is 1. The number of Topliss-reactive ketones (excluding diaryl/α,β-unsaturated/α-hetero) is 1. The number of hydrogen-bond acceptors (Lipinski definition) is 5. The summed E-state index contributed by atoms with van der Waals surface area (Å²) in [6.07, 6.45) is 7.09. The molecule has 0 atom stereocenters. The van der Waals surface area contributed by atoms with E-state index in [1.165, 1.54) is 6.33 Å². The fourth-order valence-corrected chi connectivity index (χ4v) is 4.73. The molecule has 26 heavy (non-hydrogen) atoms. The van der Waals surface area contributed by atoms with E-state index in [9.17, 15) is 4.79 Å². The smallest absolute Gasteiger partial charge is 0.165 e. The van der Waals surface area contributed by atoms with Gasteiger partial charge in [-0.3, -0.25) is 4.79 Å². The van der Waals surface area contributed by atoms with Crippen molar-refractivity contribution >= 4 is 34.3 Å². The molecular formula is C20H22N4OS. The summed E-state index contributed by atoms with van der Waals surface area (Å²) in [5.74, 6) is 0.726. The number of thioether (sulfide) groups is 1. The van der Waals surface area contributed by atoms with E-state index in [0.717, 1.165) is 44.7 Å². The molecule has 5 nitrogen and oxygen atoms in total. The fraction of sp³-hybridized carbons (Fsp3) is 0.350. The van der Waals surface area contributed by atoms with Gasteiger partial charge in [-0.05, 0) is 42.7 Å². The number of nitrogen functional groups attached to an aromatic ring is 1. The summed E-state index contributed by atoms with van der Waals surface area (Å²) in [4.78, 5) is 22.3. The van der Waals surface area contributed by atoms with E-state index < -0.39 is 0 Å². The lowest BCUT2D eigenvalue weighted by molar-refractivity contribution is 0.0910. The average molecular weight is 366 g/mol. The molecule has 1 aromatic carbocycles. The molecule has 0 unspecified atom stereocenters. The molecule has 134 valence electrons. The number of nitrogens with zero attached hydrogens (tertiary/aromatic N) is 3. The molecule has 2 heterocycles. The van der Waals surface area contributed by atoms with Gasteiger partial charge in [-0.15, -0.1) is 11.8 Å². The van der Waals surface area contributed by atoms with Crippen LogP contribution in [0.15, 0.2) is 29.6 Å². The lowest BCUT2D eigenvalue weighted by atomic mass is 9.75. The number of aromatic nitrogens is 3. The highest BCUT2D eigenvalue weighted by atomic mass is 32.2. The van der Waals surface area contributed by atoms with Gasteiger partial charge in [0.2, 0.25) is 0 Å². The fourth-order valence-electron chi connectivity index (χ4n) is 4.00. The zero-order chi connectivity index (χ0) is 18.6. The van der Waals surface area contributed by atoms with Gasteiger partial charge in [-0.25, -0.2) is 9.97 Å². The Kier molecular flexibility index (Phi) is 3.84. The van der Waals surface area contributed by atoms with Crippen LogP contribution >= 0.6 is 11.8 Å². The Bertz CT molecular complexity index is 1050. The zero-order valence-electron chi connectivity index (χ0n) is 15.5. The summed E-state index contributed by atoms with van der Waals surface area (Å²) >= 11 is 1.64. The van der Waals surface area contributed by atoms with Crippen molar-refractivity contribution in [1.29, 1.82) is 0 Å². The molecule has 0 saturated heterocycles. The quantitative estimate of drug-likeness (QED) is 0.689. The Balaban J connectivity index is 2.01. The SMILES string of the molecule is CSc1c(-n2cc(C)c3c2CC(C)(C)CC3=O)ccc2c(N)ncnc12. The first-order valence-electron chi connectivity index (χ1n) is 8.64. The normalized spacial score (nSPS) is 16.1. The van der Waals surface area contributed by atoms with Crippen LogP contribution in [0.2, 0.25) is 0 Å². The second kappa shape index (κ2) is 5.84. The van der Waals surface area contributed by atoms with Crippen LogP contribution < -0.4 is 5.73 Å². The van der Waals surface area contributed by atoms with Crippen molar-refractivity contribution in [3.8, 4) is 5.69 Å². The number of fused-ring (bicyclic) bond motifs is 2. The third kappa shape index (κ3) is 2.51. The molecule has 4 rings (SSSR count). The number of ketones is 1. The van der Waals surface area contributed by atoms with Crippen LogP contribution in [0.4, 0.5) is 5.82 Å². The van der Waals surface area contributed by atoms with Crippen LogP contribution in [0.1, 0.15) is 41.9 Å². The lowest BCUT2D eigenvalue weighted by Gasteiger charge is -2.30. The average Bonchev–Trinajstić information content (AvgIpc) is 2.89. The summed E-state index contributed by atoms with van der Waals surface area (Å²) < 4.78 is 2.17. The zero-order valence-corrected chi connectivity index (χ0v) is 16.3. The van der Waals surface area contributed by atoms with E-state index in [-0.39, 0.29) is 11.2 Å². The molecule has 2 N–H and O–H groups in total. The first-order valence-corrected chi connectivity index (χ1v) is 9.86. The highest BCUT2D eigenvalue weighted by Crippen LogP contribution is 2.40. The largest absolute Gasteiger partial charge is 0.383 e. The van der Waals surface area contributed by atoms with E-state index in [1.54, 1.807) is 11.8 Å². The third-order valence-corrected chi connectivity index (χ3v) is 5.91. The van der Waals surface area contributed by atoms with Crippen LogP contribution in [0.25, 0.3) is 16.6 Å². The second-order valence-corrected chi connectivity index (χ2v) is 8.53. The standard InChI is InChI=1S/C20H22N4OS/c1-11-9-24(14-7-20(2,3)8-15(25)16(11)14)13-6-5-12-17(18(13)26-4)22-10-23-19(12)21/h5-6,9-10H,7-8H2,1-4H3,(H2,21,22,23). The van der Waals surface area contributed by atoms with E-state index in [1.807, 2.05) is 19.2 Å². The highest BCUT2D eigenvalue weighted by Gasteiger charge is 2.35. The molecule has 0 amide bonds. The number of nitrogens with two attached hydrogens (primary N) is 1. The Morgan fingerprint density at radius 1 is 1.23 bits per heavy atom. The number of rotatable bonds is 2. The molecule has 0 bridgehead atoms. The lowest BCUT2D eigenvalue weighted by Crippen LogP contribution is -2.28. The minimum atomic E-state index is -0.0321. The Labute approximate surface area is 157 Å². The van der Waals surface area contributed by atoms with Gasteiger partial charge in [0.15, 0.2) is 5.78 Å². The van der Waals surface area contributed by atoms with E-state index in [2.05, 4.69) is 40.6 Å². The van der Waals surface area contributed by atoms with Gasteiger partial charge in [0.1, 0.15) is 12.1 Å². The van der Waals surface area contributed by atoms with E-state index >= 15 is 0 Å². The monoisotopic (exact) mass is 366 g/mol. The minimum absolute atomic E-state index is 0.0321. The maximum atomic E-state index is 12.7. The molecule has 2 aromatic heterocycles. The summed E-state index contributed by atoms with van der Waals surface area (Å²) in [7, 11) is 0. The molecule has 0 saturated carbocycles. The van der Waals surface area contributed by atoms with Crippen molar-refractivity contribution in [3.63, 3.8) is 0 Å². The van der Waals surface area contributed by atoms with Crippen LogP contribution in [0.3, 0.4) is 0 Å². The predicted octanol–water partition coefficient (Wildman–Crippen LogP) is 4.19. The molecule has 0 spiro atoms. The van der Waals surface area contributed by atoms with Crippen molar-refractivity contribution in [1.82, 2.24) is 14.5 Å². The van der Waals surface area contributed by atoms with Gasteiger partial charge in [0.25, 0.3) is 0 Å². The number of aryl methyl sites for hydroxylation is 1.